The second kappa shape index (κ2) is 16.1. The molecule has 0 bridgehead atoms. The first kappa shape index (κ1) is 32.0. The highest BCUT2D eigenvalue weighted by Gasteiger charge is 2.15. The van der Waals surface area contributed by atoms with Gasteiger partial charge in [0.25, 0.3) is 5.91 Å². The molecule has 0 radical (unpaired) electrons. The predicted molar refractivity (Wildman–Crippen MR) is 165 cm³/mol. The van der Waals surface area contributed by atoms with Gasteiger partial charge in [0.1, 0.15) is 11.1 Å². The fourth-order valence-electron chi connectivity index (χ4n) is 4.58. The highest BCUT2D eigenvalue weighted by molar-refractivity contribution is 5.97. The zero-order valence-corrected chi connectivity index (χ0v) is 25.1. The van der Waals surface area contributed by atoms with E-state index >= 15 is 0 Å². The number of ether oxygens (including phenoxy) is 3. The Morgan fingerprint density at radius 1 is 0.857 bits per heavy atom. The van der Waals surface area contributed by atoms with Crippen LogP contribution in [-0.2, 0) is 4.79 Å². The lowest BCUT2D eigenvalue weighted by molar-refractivity contribution is -0.116. The molecule has 10 heteroatoms. The highest BCUT2D eigenvalue weighted by atomic mass is 16.5. The minimum Gasteiger partial charge on any atom is -0.493 e. The van der Waals surface area contributed by atoms with Crippen LogP contribution in [0.2, 0.25) is 0 Å². The first-order valence-corrected chi connectivity index (χ1v) is 14.2. The number of rotatable bonds is 16. The van der Waals surface area contributed by atoms with E-state index in [1.807, 2.05) is 18.2 Å². The lowest BCUT2D eigenvalue weighted by atomic mass is 10.1. The fraction of sp³-hybridized carbons (Fsp3) is 0.406. The lowest BCUT2D eigenvalue weighted by Crippen LogP contribution is -2.29. The summed E-state index contributed by atoms with van der Waals surface area (Å²) < 4.78 is 21.4. The molecule has 42 heavy (non-hydrogen) atoms. The van der Waals surface area contributed by atoms with Gasteiger partial charge in [0, 0.05) is 49.4 Å². The van der Waals surface area contributed by atoms with Crippen molar-refractivity contribution in [1.29, 1.82) is 0 Å². The Morgan fingerprint density at radius 2 is 1.50 bits per heavy atom. The Kier molecular flexibility index (Phi) is 12.3. The van der Waals surface area contributed by atoms with E-state index in [1.165, 1.54) is 27.4 Å². The van der Waals surface area contributed by atoms with Gasteiger partial charge in [0.15, 0.2) is 11.5 Å². The molecule has 0 unspecified atom stereocenters. The van der Waals surface area contributed by atoms with Gasteiger partial charge < -0.3 is 34.2 Å². The summed E-state index contributed by atoms with van der Waals surface area (Å²) in [7, 11) is 4.61. The Hall–Kier alpha value is -4.47. The van der Waals surface area contributed by atoms with Gasteiger partial charge in [-0.3, -0.25) is 9.59 Å². The second-order valence-electron chi connectivity index (χ2n) is 9.60. The van der Waals surface area contributed by atoms with Gasteiger partial charge in [-0.2, -0.15) is 0 Å². The Labute approximate surface area is 246 Å². The predicted octanol–water partition coefficient (Wildman–Crippen LogP) is 4.78. The SMILES string of the molecule is CCN(CC)c1ccc2cc(C(=O)NCCCCCCNC(=O)/C=C/c3cc(OC)c(OC)c(OC)c3)c(=O)oc2c1. The van der Waals surface area contributed by atoms with Crippen LogP contribution in [-0.4, -0.2) is 59.3 Å². The molecule has 3 aromatic rings. The summed E-state index contributed by atoms with van der Waals surface area (Å²) in [5, 5.41) is 6.38. The van der Waals surface area contributed by atoms with Crippen molar-refractivity contribution in [2.75, 3.05) is 52.4 Å². The van der Waals surface area contributed by atoms with E-state index < -0.39 is 11.5 Å². The van der Waals surface area contributed by atoms with Crippen LogP contribution < -0.4 is 35.4 Å². The van der Waals surface area contributed by atoms with E-state index in [2.05, 4.69) is 29.4 Å². The molecule has 0 saturated heterocycles. The molecular formula is C32H41N3O7. The van der Waals surface area contributed by atoms with Crippen LogP contribution in [0.1, 0.15) is 55.5 Å². The van der Waals surface area contributed by atoms with E-state index in [-0.39, 0.29) is 11.5 Å². The maximum absolute atomic E-state index is 12.6. The molecule has 2 amide bonds. The van der Waals surface area contributed by atoms with Gasteiger partial charge in [-0.25, -0.2) is 4.79 Å². The number of carbonyl (C=O) groups is 2. The molecule has 1 aromatic heterocycles. The van der Waals surface area contributed by atoms with Crippen LogP contribution in [0.15, 0.2) is 51.7 Å². The molecule has 0 spiro atoms. The molecule has 0 aliphatic heterocycles. The smallest absolute Gasteiger partial charge is 0.349 e. The minimum absolute atomic E-state index is 0.000356. The monoisotopic (exact) mass is 579 g/mol. The number of fused-ring (bicyclic) bond motifs is 1. The normalized spacial score (nSPS) is 11.0. The minimum atomic E-state index is -0.647. The Balaban J connectivity index is 1.38. The molecule has 1 heterocycles. The number of hydrogen-bond acceptors (Lipinski definition) is 8. The number of nitrogens with zero attached hydrogens (tertiary/aromatic N) is 1. The molecule has 226 valence electrons. The van der Waals surface area contributed by atoms with Crippen LogP contribution in [0.25, 0.3) is 17.0 Å². The summed E-state index contributed by atoms with van der Waals surface area (Å²) in [5.74, 6) is 0.876. The van der Waals surface area contributed by atoms with Gasteiger partial charge in [-0.05, 0) is 68.7 Å². The van der Waals surface area contributed by atoms with Crippen LogP contribution in [0.4, 0.5) is 5.69 Å². The van der Waals surface area contributed by atoms with Crippen molar-refractivity contribution >= 4 is 34.5 Å². The summed E-state index contributed by atoms with van der Waals surface area (Å²) >= 11 is 0. The van der Waals surface area contributed by atoms with Crippen molar-refractivity contribution < 1.29 is 28.2 Å². The average molecular weight is 580 g/mol. The number of hydrogen-bond donors (Lipinski definition) is 2. The third kappa shape index (κ3) is 8.52. The van der Waals surface area contributed by atoms with Crippen LogP contribution in [0, 0.1) is 0 Å². The lowest BCUT2D eigenvalue weighted by Gasteiger charge is -2.21. The number of amides is 2. The third-order valence-electron chi connectivity index (χ3n) is 6.90. The number of carbonyl (C=O) groups excluding carboxylic acids is 2. The molecule has 0 aliphatic carbocycles. The largest absolute Gasteiger partial charge is 0.493 e. The standard InChI is InChI=1S/C32H41N3O7/c1-6-35(7-2)24-14-13-23-20-25(32(38)42-26(23)21-24)31(37)34-17-11-9-8-10-16-33-29(36)15-12-22-18-27(39-3)30(41-5)28(19-22)40-4/h12-15,18-21H,6-11,16-17H2,1-5H3,(H,33,36)(H,34,37)/b15-12+. The number of nitrogens with one attached hydrogen (secondary N) is 2. The maximum atomic E-state index is 12.6. The quantitative estimate of drug-likeness (QED) is 0.141. The zero-order chi connectivity index (χ0) is 30.5. The van der Waals surface area contributed by atoms with Crippen LogP contribution >= 0.6 is 0 Å². The molecule has 0 saturated carbocycles. The van der Waals surface area contributed by atoms with Crippen molar-refractivity contribution in [3.63, 3.8) is 0 Å². The van der Waals surface area contributed by atoms with E-state index in [4.69, 9.17) is 18.6 Å². The second-order valence-corrected chi connectivity index (χ2v) is 9.60. The van der Waals surface area contributed by atoms with E-state index in [0.717, 1.165) is 50.0 Å². The van der Waals surface area contributed by atoms with E-state index in [1.54, 1.807) is 24.3 Å². The molecule has 0 aliphatic rings. The summed E-state index contributed by atoms with van der Waals surface area (Å²) in [5.41, 5.74) is 1.53. The number of methoxy groups -OCH3 is 3. The number of benzene rings is 2. The first-order valence-electron chi connectivity index (χ1n) is 14.2. The third-order valence-corrected chi connectivity index (χ3v) is 6.90. The molecule has 2 N–H and O–H groups in total. The molecule has 3 rings (SSSR count). The van der Waals surface area contributed by atoms with Crippen molar-refractivity contribution in [2.24, 2.45) is 0 Å². The average Bonchev–Trinajstić information content (AvgIpc) is 3.00. The molecular weight excluding hydrogens is 538 g/mol. The van der Waals surface area contributed by atoms with Gasteiger partial charge in [-0.1, -0.05) is 12.8 Å². The van der Waals surface area contributed by atoms with Gasteiger partial charge in [-0.15, -0.1) is 0 Å². The Bertz CT molecular complexity index is 1420. The van der Waals surface area contributed by atoms with Crippen LogP contribution in [0.5, 0.6) is 17.2 Å². The maximum Gasteiger partial charge on any atom is 0.349 e. The van der Waals surface area contributed by atoms with Gasteiger partial charge in [0.2, 0.25) is 11.7 Å². The summed E-state index contributed by atoms with van der Waals surface area (Å²) in [4.78, 5) is 39.4. The van der Waals surface area contributed by atoms with Gasteiger partial charge in [0.05, 0.1) is 21.3 Å². The number of unbranched alkanes of at least 4 members (excludes halogenated alkanes) is 3. The molecule has 2 aromatic carbocycles. The number of anilines is 1. The van der Waals surface area contributed by atoms with Crippen LogP contribution in [0.3, 0.4) is 0 Å². The summed E-state index contributed by atoms with van der Waals surface area (Å²) in [6.07, 6.45) is 6.47. The van der Waals surface area contributed by atoms with Crippen molar-refractivity contribution in [3.8, 4) is 17.2 Å². The van der Waals surface area contributed by atoms with Crippen molar-refractivity contribution in [2.45, 2.75) is 39.5 Å². The van der Waals surface area contributed by atoms with E-state index in [0.29, 0.717) is 41.3 Å². The first-order chi connectivity index (χ1) is 20.3. The van der Waals surface area contributed by atoms with Crippen molar-refractivity contribution in [1.82, 2.24) is 10.6 Å². The highest BCUT2D eigenvalue weighted by Crippen LogP contribution is 2.38. The molecule has 0 atom stereocenters. The molecule has 0 fully saturated rings. The topological polar surface area (TPSA) is 119 Å². The van der Waals surface area contributed by atoms with E-state index in [9.17, 15) is 14.4 Å². The van der Waals surface area contributed by atoms with Crippen molar-refractivity contribution in [3.05, 3.63) is 64.0 Å². The zero-order valence-electron chi connectivity index (χ0n) is 25.1. The Morgan fingerprint density at radius 3 is 2.10 bits per heavy atom. The summed E-state index contributed by atoms with van der Waals surface area (Å²) in [6, 6.07) is 10.8. The fourth-order valence-corrected chi connectivity index (χ4v) is 4.58. The van der Waals surface area contributed by atoms with Gasteiger partial charge >= 0.3 is 5.63 Å². The molecule has 10 nitrogen and oxygen atoms in total. The summed E-state index contributed by atoms with van der Waals surface area (Å²) in [6.45, 7) is 6.80.